The number of alkyl halides is 3. The largest absolute Gasteiger partial charge is 0.416 e. The van der Waals surface area contributed by atoms with Crippen molar-refractivity contribution in [1.29, 1.82) is 0 Å². The molecule has 0 aromatic heterocycles. The van der Waals surface area contributed by atoms with E-state index in [0.29, 0.717) is 79.9 Å². The number of halogens is 3. The van der Waals surface area contributed by atoms with Crippen molar-refractivity contribution in [1.82, 2.24) is 9.80 Å². The highest BCUT2D eigenvalue weighted by atomic mass is 19.4. The Morgan fingerprint density at radius 1 is 0.574 bits per heavy atom. The molecule has 6 aromatic carbocycles. The fourth-order valence-corrected chi connectivity index (χ4v) is 8.82. The van der Waals surface area contributed by atoms with E-state index in [4.69, 9.17) is 0 Å². The summed E-state index contributed by atoms with van der Waals surface area (Å²) in [4.78, 5) is 72.2. The number of carbonyl (C=O) groups is 5. The van der Waals surface area contributed by atoms with E-state index in [9.17, 15) is 37.1 Å². The van der Waals surface area contributed by atoms with Crippen LogP contribution in [0.4, 0.5) is 18.9 Å². The Hall–Kier alpha value is -5.84. The molecule has 0 atom stereocenters. The molecule has 0 spiro atoms. The second-order valence-electron chi connectivity index (χ2n) is 14.2. The summed E-state index contributed by atoms with van der Waals surface area (Å²) >= 11 is 0. The lowest BCUT2D eigenvalue weighted by atomic mass is 9.79. The van der Waals surface area contributed by atoms with E-state index < -0.39 is 47.3 Å². The Morgan fingerprint density at radius 2 is 1.04 bits per heavy atom. The summed E-state index contributed by atoms with van der Waals surface area (Å²) in [7, 11) is 0. The van der Waals surface area contributed by atoms with Crippen LogP contribution in [0.1, 0.15) is 107 Å². The molecule has 274 valence electrons. The molecular formula is C43H36F3N3O5. The molecule has 8 nitrogen and oxygen atoms in total. The monoisotopic (exact) mass is 731 g/mol. The lowest BCUT2D eigenvalue weighted by Crippen LogP contribution is -2.47. The van der Waals surface area contributed by atoms with Gasteiger partial charge < -0.3 is 5.32 Å². The Bertz CT molecular complexity index is 2630. The van der Waals surface area contributed by atoms with Gasteiger partial charge in [-0.2, -0.15) is 13.2 Å². The summed E-state index contributed by atoms with van der Waals surface area (Å²) in [6.45, 7) is 8.82. The summed E-state index contributed by atoms with van der Waals surface area (Å²) in [6.07, 6.45) is -2.64. The quantitative estimate of drug-likeness (QED) is 0.0954. The van der Waals surface area contributed by atoms with E-state index in [0.717, 1.165) is 12.1 Å². The van der Waals surface area contributed by atoms with Gasteiger partial charge >= 0.3 is 6.18 Å². The van der Waals surface area contributed by atoms with Gasteiger partial charge in [-0.05, 0) is 106 Å². The van der Waals surface area contributed by atoms with Gasteiger partial charge in [-0.25, -0.2) is 0 Å². The maximum atomic E-state index is 14.8. The van der Waals surface area contributed by atoms with Gasteiger partial charge in [0.2, 0.25) is 5.91 Å². The lowest BCUT2D eigenvalue weighted by Gasteiger charge is -2.35. The van der Waals surface area contributed by atoms with Gasteiger partial charge in [-0.1, -0.05) is 45.9 Å². The van der Waals surface area contributed by atoms with Crippen LogP contribution in [0.25, 0.3) is 54.2 Å². The van der Waals surface area contributed by atoms with Gasteiger partial charge in [0.25, 0.3) is 23.6 Å². The molecule has 1 N–H and O–H groups in total. The van der Waals surface area contributed by atoms with Gasteiger partial charge in [0.05, 0.1) is 11.1 Å². The molecule has 0 saturated carbocycles. The van der Waals surface area contributed by atoms with Crippen LogP contribution in [0.2, 0.25) is 0 Å². The third kappa shape index (κ3) is 4.79. The number of hydrogen-bond acceptors (Lipinski definition) is 5. The summed E-state index contributed by atoms with van der Waals surface area (Å²) in [6, 6.07) is 14.3. The van der Waals surface area contributed by atoms with Gasteiger partial charge in [-0.15, -0.1) is 0 Å². The fraction of sp³-hybridized carbons (Fsp3) is 0.279. The van der Waals surface area contributed by atoms with Gasteiger partial charge in [-0.3, -0.25) is 33.8 Å². The van der Waals surface area contributed by atoms with E-state index in [1.54, 1.807) is 36.4 Å². The van der Waals surface area contributed by atoms with E-state index in [1.165, 1.54) is 22.8 Å². The number of anilines is 1. The molecule has 54 heavy (non-hydrogen) atoms. The summed E-state index contributed by atoms with van der Waals surface area (Å²) in [5.74, 6) is -2.47. The highest BCUT2D eigenvalue weighted by Crippen LogP contribution is 2.50. The summed E-state index contributed by atoms with van der Waals surface area (Å²) in [5, 5.41) is 7.06. The van der Waals surface area contributed by atoms with Crippen molar-refractivity contribution >= 4 is 78.3 Å². The number of nitrogens with one attached hydrogen (secondary N) is 1. The topological polar surface area (TPSA) is 104 Å². The van der Waals surface area contributed by atoms with Crippen LogP contribution in [-0.4, -0.2) is 51.4 Å². The number of fused-ring (bicyclic) bond motifs is 2. The van der Waals surface area contributed by atoms with Crippen molar-refractivity contribution in [2.75, 3.05) is 5.32 Å². The molecule has 6 aromatic rings. The van der Waals surface area contributed by atoms with Crippen molar-refractivity contribution in [3.05, 3.63) is 88.5 Å². The zero-order chi connectivity index (χ0) is 38.5. The second kappa shape index (κ2) is 12.4. The second-order valence-corrected chi connectivity index (χ2v) is 14.2. The highest BCUT2D eigenvalue weighted by Gasteiger charge is 2.41. The molecule has 5 amide bonds. The molecular weight excluding hydrogens is 695 g/mol. The lowest BCUT2D eigenvalue weighted by molar-refractivity contribution is -0.137. The number of amides is 5. The van der Waals surface area contributed by atoms with Crippen LogP contribution in [-0.2, 0) is 11.0 Å². The van der Waals surface area contributed by atoms with Crippen LogP contribution >= 0.6 is 0 Å². The molecule has 0 fully saturated rings. The minimum Gasteiger partial charge on any atom is -0.326 e. The summed E-state index contributed by atoms with van der Waals surface area (Å²) < 4.78 is 43.0. The molecule has 11 heteroatoms. The van der Waals surface area contributed by atoms with Crippen LogP contribution in [0.15, 0.2) is 60.7 Å². The number of carbonyl (C=O) groups excluding carboxylic acids is 5. The van der Waals surface area contributed by atoms with Crippen molar-refractivity contribution in [2.45, 2.75) is 78.6 Å². The van der Waals surface area contributed by atoms with E-state index in [-0.39, 0.29) is 34.0 Å². The van der Waals surface area contributed by atoms with Crippen LogP contribution in [0, 0.1) is 0 Å². The standard InChI is InChI=1S/C43H36F3N3O5/c1-6-22(7-2)48-39(51)27-14-11-24-25-12-16-29-37-35(25)31(26-13-15-28(40(48)52)36(27)34(24)26)19-32(38(37)42(54)49(41(29)53)23(8-3)9-4)30-18-21(43(44,45)46)10-17-33(30)47-20(5)50/h10-19,22-23H,6-9H2,1-5H3,(H,47,50). The number of rotatable bonds is 8. The minimum absolute atomic E-state index is 0.0450. The molecule has 8 rings (SSSR count). The number of benzene rings is 6. The average molecular weight is 732 g/mol. The zero-order valence-corrected chi connectivity index (χ0v) is 30.3. The SMILES string of the molecule is CCC(CC)N1C(=O)c2ccc3c4ccc5c6c(c(-c7cc(C(F)(F)F)ccc7NC(C)=O)cc(c7ccc(c2c37)C1=O)c64)C(=O)N(C(CC)CC)C5=O. The first-order valence-electron chi connectivity index (χ1n) is 18.3. The molecule has 0 aliphatic carbocycles. The maximum absolute atomic E-state index is 14.8. The molecule has 0 bridgehead atoms. The maximum Gasteiger partial charge on any atom is 0.416 e. The van der Waals surface area contributed by atoms with Crippen LogP contribution < -0.4 is 5.32 Å². The van der Waals surface area contributed by atoms with E-state index in [2.05, 4.69) is 5.32 Å². The Labute approximate surface area is 308 Å². The van der Waals surface area contributed by atoms with Crippen LogP contribution in [0.3, 0.4) is 0 Å². The van der Waals surface area contributed by atoms with Crippen molar-refractivity contribution < 1.29 is 37.1 Å². The molecule has 2 aliphatic heterocycles. The fourth-order valence-electron chi connectivity index (χ4n) is 8.82. The van der Waals surface area contributed by atoms with E-state index in [1.807, 2.05) is 33.8 Å². The van der Waals surface area contributed by atoms with Gasteiger partial charge in [0.1, 0.15) is 0 Å². The average Bonchev–Trinajstić information content (AvgIpc) is 3.14. The Kier molecular flexibility index (Phi) is 8.06. The van der Waals surface area contributed by atoms with Gasteiger partial charge in [0.15, 0.2) is 0 Å². The molecule has 0 radical (unpaired) electrons. The van der Waals surface area contributed by atoms with Crippen molar-refractivity contribution in [3.63, 3.8) is 0 Å². The first kappa shape index (κ1) is 35.2. The smallest absolute Gasteiger partial charge is 0.326 e. The first-order valence-corrected chi connectivity index (χ1v) is 18.3. The third-order valence-corrected chi connectivity index (χ3v) is 11.4. The van der Waals surface area contributed by atoms with Crippen LogP contribution in [0.5, 0.6) is 0 Å². The van der Waals surface area contributed by atoms with Crippen molar-refractivity contribution in [2.24, 2.45) is 0 Å². The number of nitrogens with zero attached hydrogens (tertiary/aromatic N) is 2. The van der Waals surface area contributed by atoms with Gasteiger partial charge in [0, 0.05) is 57.7 Å². The first-order chi connectivity index (χ1) is 25.8. The highest BCUT2D eigenvalue weighted by molar-refractivity contribution is 6.42. The summed E-state index contributed by atoms with van der Waals surface area (Å²) in [5.41, 5.74) is 0.148. The number of imide groups is 2. The normalized spacial score (nSPS) is 14.7. The number of hydrogen-bond donors (Lipinski definition) is 1. The molecule has 0 saturated heterocycles. The minimum atomic E-state index is -4.75. The van der Waals surface area contributed by atoms with E-state index >= 15 is 0 Å². The Morgan fingerprint density at radius 3 is 1.52 bits per heavy atom. The molecule has 2 heterocycles. The Balaban J connectivity index is 1.56. The molecule has 2 aliphatic rings. The van der Waals surface area contributed by atoms with Crippen molar-refractivity contribution in [3.8, 4) is 11.1 Å². The third-order valence-electron chi connectivity index (χ3n) is 11.4. The molecule has 0 unspecified atom stereocenters. The predicted octanol–water partition coefficient (Wildman–Crippen LogP) is 9.95. The zero-order valence-electron chi connectivity index (χ0n) is 30.3. The predicted molar refractivity (Wildman–Crippen MR) is 202 cm³/mol.